The highest BCUT2D eigenvalue weighted by atomic mass is 16.5. The van der Waals surface area contributed by atoms with Gasteiger partial charge in [-0.3, -0.25) is 4.79 Å². The number of benzene rings is 1. The molecule has 0 aliphatic heterocycles. The molecule has 1 atom stereocenters. The van der Waals surface area contributed by atoms with Crippen molar-refractivity contribution in [2.24, 2.45) is 5.92 Å². The number of amides is 1. The monoisotopic (exact) mass is 277 g/mol. The Morgan fingerprint density at radius 2 is 1.80 bits per heavy atom. The molecular formula is C16H23NO3. The van der Waals surface area contributed by atoms with Crippen LogP contribution < -0.4 is 5.32 Å². The molecule has 0 aliphatic carbocycles. The molecule has 0 aliphatic rings. The van der Waals surface area contributed by atoms with Crippen LogP contribution in [0.25, 0.3) is 0 Å². The average molecular weight is 277 g/mol. The maximum Gasteiger partial charge on any atom is 0.338 e. The van der Waals surface area contributed by atoms with Crippen LogP contribution in [0.5, 0.6) is 0 Å². The zero-order valence-corrected chi connectivity index (χ0v) is 12.8. The Kier molecular flexibility index (Phi) is 5.74. The van der Waals surface area contributed by atoms with Gasteiger partial charge in [0.05, 0.1) is 5.56 Å². The Bertz CT molecular complexity index is 494. The second-order valence-corrected chi connectivity index (χ2v) is 5.48. The topological polar surface area (TPSA) is 55.4 Å². The smallest absolute Gasteiger partial charge is 0.338 e. The Morgan fingerprint density at radius 1 is 1.15 bits per heavy atom. The van der Waals surface area contributed by atoms with E-state index in [9.17, 15) is 9.59 Å². The molecule has 0 heterocycles. The van der Waals surface area contributed by atoms with Gasteiger partial charge in [0.2, 0.25) is 0 Å². The quantitative estimate of drug-likeness (QED) is 0.842. The fraction of sp³-hybridized carbons (Fsp3) is 0.500. The molecule has 0 saturated heterocycles. The lowest BCUT2D eigenvalue weighted by Crippen LogP contribution is -2.38. The van der Waals surface area contributed by atoms with E-state index < -0.39 is 5.97 Å². The second kappa shape index (κ2) is 7.08. The molecule has 0 spiro atoms. The Balaban J connectivity index is 2.51. The van der Waals surface area contributed by atoms with Gasteiger partial charge in [-0.1, -0.05) is 19.9 Å². The van der Waals surface area contributed by atoms with E-state index in [1.807, 2.05) is 40.7 Å². The van der Waals surface area contributed by atoms with Gasteiger partial charge in [0, 0.05) is 6.04 Å². The van der Waals surface area contributed by atoms with Crippen LogP contribution >= 0.6 is 0 Å². The molecule has 1 N–H and O–H groups in total. The van der Waals surface area contributed by atoms with Gasteiger partial charge in [-0.15, -0.1) is 0 Å². The first-order valence-electron chi connectivity index (χ1n) is 6.85. The van der Waals surface area contributed by atoms with E-state index in [1.165, 1.54) is 0 Å². The summed E-state index contributed by atoms with van der Waals surface area (Å²) in [6, 6.07) is 5.40. The van der Waals surface area contributed by atoms with Crippen molar-refractivity contribution in [1.29, 1.82) is 0 Å². The number of rotatable bonds is 5. The molecule has 4 nitrogen and oxygen atoms in total. The standard InChI is InChI=1S/C16H23NO3/c1-10(2)13(5)17-15(18)9-20-16(19)14-7-6-11(3)12(4)8-14/h6-8,10,13H,9H2,1-5H3,(H,17,18)/t13-/m1/s1. The average Bonchev–Trinajstić information content (AvgIpc) is 2.39. The van der Waals surface area contributed by atoms with Crippen LogP contribution in [0.4, 0.5) is 0 Å². The van der Waals surface area contributed by atoms with E-state index in [0.717, 1.165) is 11.1 Å². The van der Waals surface area contributed by atoms with Crippen molar-refractivity contribution in [3.05, 3.63) is 34.9 Å². The van der Waals surface area contributed by atoms with Crippen LogP contribution in [-0.4, -0.2) is 24.5 Å². The minimum atomic E-state index is -0.472. The number of carbonyl (C=O) groups excluding carboxylic acids is 2. The first kappa shape index (κ1) is 16.2. The number of hydrogen-bond acceptors (Lipinski definition) is 3. The molecule has 0 bridgehead atoms. The van der Waals surface area contributed by atoms with Gasteiger partial charge in [0.15, 0.2) is 6.61 Å². The van der Waals surface area contributed by atoms with Crippen molar-refractivity contribution in [1.82, 2.24) is 5.32 Å². The zero-order valence-electron chi connectivity index (χ0n) is 12.8. The van der Waals surface area contributed by atoms with Gasteiger partial charge < -0.3 is 10.1 Å². The molecule has 0 radical (unpaired) electrons. The third-order valence-corrected chi connectivity index (χ3v) is 3.47. The zero-order chi connectivity index (χ0) is 15.3. The van der Waals surface area contributed by atoms with Crippen molar-refractivity contribution >= 4 is 11.9 Å². The van der Waals surface area contributed by atoms with Gasteiger partial charge in [-0.05, 0) is 49.9 Å². The van der Waals surface area contributed by atoms with Crippen LogP contribution in [-0.2, 0) is 9.53 Å². The first-order valence-corrected chi connectivity index (χ1v) is 6.85. The molecule has 20 heavy (non-hydrogen) atoms. The molecule has 1 rings (SSSR count). The number of nitrogens with one attached hydrogen (secondary N) is 1. The third kappa shape index (κ3) is 4.68. The summed E-state index contributed by atoms with van der Waals surface area (Å²) in [6.45, 7) is 9.63. The minimum Gasteiger partial charge on any atom is -0.452 e. The van der Waals surface area contributed by atoms with Gasteiger partial charge in [0.25, 0.3) is 5.91 Å². The van der Waals surface area contributed by atoms with Crippen molar-refractivity contribution in [2.75, 3.05) is 6.61 Å². The summed E-state index contributed by atoms with van der Waals surface area (Å²) in [5.74, 6) is -0.404. The third-order valence-electron chi connectivity index (χ3n) is 3.47. The lowest BCUT2D eigenvalue weighted by Gasteiger charge is -2.17. The van der Waals surface area contributed by atoms with E-state index in [4.69, 9.17) is 4.74 Å². The number of aryl methyl sites for hydroxylation is 2. The molecule has 0 saturated carbocycles. The summed E-state index contributed by atoms with van der Waals surface area (Å²) < 4.78 is 5.01. The molecule has 4 heteroatoms. The van der Waals surface area contributed by atoms with Gasteiger partial charge >= 0.3 is 5.97 Å². The maximum absolute atomic E-state index is 11.8. The summed E-state index contributed by atoms with van der Waals surface area (Å²) in [7, 11) is 0. The Hall–Kier alpha value is -1.84. The predicted molar refractivity (Wildman–Crippen MR) is 78.6 cm³/mol. The number of carbonyl (C=O) groups is 2. The van der Waals surface area contributed by atoms with Crippen LogP contribution in [0.1, 0.15) is 42.3 Å². The normalized spacial score (nSPS) is 12.1. The van der Waals surface area contributed by atoms with Crippen LogP contribution in [0, 0.1) is 19.8 Å². The van der Waals surface area contributed by atoms with E-state index in [-0.39, 0.29) is 18.6 Å². The summed E-state index contributed by atoms with van der Waals surface area (Å²) in [5, 5.41) is 2.79. The number of ether oxygens (including phenoxy) is 1. The SMILES string of the molecule is Cc1ccc(C(=O)OCC(=O)N[C@H](C)C(C)C)cc1C. The fourth-order valence-corrected chi connectivity index (χ4v) is 1.55. The summed E-state index contributed by atoms with van der Waals surface area (Å²) in [5.41, 5.74) is 2.61. The van der Waals surface area contributed by atoms with E-state index in [1.54, 1.807) is 12.1 Å². The summed E-state index contributed by atoms with van der Waals surface area (Å²) in [6.07, 6.45) is 0. The summed E-state index contributed by atoms with van der Waals surface area (Å²) >= 11 is 0. The van der Waals surface area contributed by atoms with Crippen molar-refractivity contribution in [3.63, 3.8) is 0 Å². The highest BCUT2D eigenvalue weighted by molar-refractivity contribution is 5.91. The molecule has 1 aromatic rings. The maximum atomic E-state index is 11.8. The minimum absolute atomic E-state index is 0.0582. The Morgan fingerprint density at radius 3 is 2.35 bits per heavy atom. The van der Waals surface area contributed by atoms with Gasteiger partial charge in [-0.2, -0.15) is 0 Å². The predicted octanol–water partition coefficient (Wildman–Crippen LogP) is 2.62. The van der Waals surface area contributed by atoms with Crippen molar-refractivity contribution in [3.8, 4) is 0 Å². The van der Waals surface area contributed by atoms with Crippen molar-refractivity contribution in [2.45, 2.75) is 40.7 Å². The number of esters is 1. The first-order chi connectivity index (χ1) is 9.31. The van der Waals surface area contributed by atoms with Gasteiger partial charge in [0.1, 0.15) is 0 Å². The summed E-state index contributed by atoms with van der Waals surface area (Å²) in [4.78, 5) is 23.5. The lowest BCUT2D eigenvalue weighted by molar-refractivity contribution is -0.125. The van der Waals surface area contributed by atoms with Gasteiger partial charge in [-0.25, -0.2) is 4.79 Å². The molecule has 0 aromatic heterocycles. The van der Waals surface area contributed by atoms with Crippen LogP contribution in [0.15, 0.2) is 18.2 Å². The Labute approximate surface area is 120 Å². The molecule has 1 amide bonds. The van der Waals surface area contributed by atoms with E-state index >= 15 is 0 Å². The second-order valence-electron chi connectivity index (χ2n) is 5.48. The van der Waals surface area contributed by atoms with Crippen LogP contribution in [0.2, 0.25) is 0 Å². The van der Waals surface area contributed by atoms with Crippen molar-refractivity contribution < 1.29 is 14.3 Å². The fourth-order valence-electron chi connectivity index (χ4n) is 1.55. The molecule has 1 aromatic carbocycles. The number of hydrogen-bond donors (Lipinski definition) is 1. The molecule has 0 fully saturated rings. The van der Waals surface area contributed by atoms with E-state index in [2.05, 4.69) is 5.32 Å². The largest absolute Gasteiger partial charge is 0.452 e. The molecular weight excluding hydrogens is 254 g/mol. The van der Waals surface area contributed by atoms with Crippen LogP contribution in [0.3, 0.4) is 0 Å². The highest BCUT2D eigenvalue weighted by Gasteiger charge is 2.14. The lowest BCUT2D eigenvalue weighted by atomic mass is 10.1. The molecule has 0 unspecified atom stereocenters. The highest BCUT2D eigenvalue weighted by Crippen LogP contribution is 2.10. The van der Waals surface area contributed by atoms with E-state index in [0.29, 0.717) is 11.5 Å². The molecule has 110 valence electrons.